The summed E-state index contributed by atoms with van der Waals surface area (Å²) in [5.41, 5.74) is 5.61. The molecule has 3 nitrogen and oxygen atoms in total. The van der Waals surface area contributed by atoms with Crippen molar-refractivity contribution >= 4 is 29.1 Å². The standard InChI is InChI=1S/C12H18N2OS2/c1-3-4-5-10-6-7-12(16-10)17-14-11(13)8-9(2)15/h6-8,15H,3-5H2,1-2H3,(H2,13,14)/b9-8-. The molecule has 0 aliphatic carbocycles. The number of rotatable bonds is 6. The molecule has 0 spiro atoms. The Labute approximate surface area is 111 Å². The van der Waals surface area contributed by atoms with E-state index in [1.807, 2.05) is 0 Å². The Morgan fingerprint density at radius 3 is 3.00 bits per heavy atom. The fourth-order valence-electron chi connectivity index (χ4n) is 1.23. The molecule has 0 aromatic carbocycles. The summed E-state index contributed by atoms with van der Waals surface area (Å²) in [5, 5.41) is 9.01. The summed E-state index contributed by atoms with van der Waals surface area (Å²) in [5.74, 6) is 0.500. The number of amidine groups is 1. The number of thiophene rings is 1. The van der Waals surface area contributed by atoms with Crippen LogP contribution in [0.1, 0.15) is 31.6 Å². The fourth-order valence-corrected chi connectivity index (χ4v) is 2.97. The van der Waals surface area contributed by atoms with Gasteiger partial charge in [-0.05, 0) is 31.9 Å². The van der Waals surface area contributed by atoms with Gasteiger partial charge in [0.2, 0.25) is 0 Å². The van der Waals surface area contributed by atoms with Crippen molar-refractivity contribution in [3.63, 3.8) is 0 Å². The summed E-state index contributed by atoms with van der Waals surface area (Å²) >= 11 is 3.10. The van der Waals surface area contributed by atoms with Crippen LogP contribution in [-0.4, -0.2) is 10.9 Å². The molecule has 5 heteroatoms. The van der Waals surface area contributed by atoms with Crippen LogP contribution in [0.5, 0.6) is 0 Å². The van der Waals surface area contributed by atoms with Crippen molar-refractivity contribution < 1.29 is 5.11 Å². The second-order valence-electron chi connectivity index (χ2n) is 3.72. The topological polar surface area (TPSA) is 58.6 Å². The van der Waals surface area contributed by atoms with E-state index in [4.69, 9.17) is 10.8 Å². The molecular weight excluding hydrogens is 252 g/mol. The van der Waals surface area contributed by atoms with Gasteiger partial charge < -0.3 is 10.8 Å². The highest BCUT2D eigenvalue weighted by atomic mass is 32.2. The minimum Gasteiger partial charge on any atom is -0.512 e. The first-order chi connectivity index (χ1) is 8.11. The first-order valence-corrected chi connectivity index (χ1v) is 7.17. The third-order valence-corrected chi connectivity index (χ3v) is 4.04. The monoisotopic (exact) mass is 270 g/mol. The number of nitrogens with two attached hydrogens (primary N) is 1. The third kappa shape index (κ3) is 5.79. The van der Waals surface area contributed by atoms with Gasteiger partial charge in [-0.1, -0.05) is 13.3 Å². The van der Waals surface area contributed by atoms with E-state index in [2.05, 4.69) is 23.5 Å². The zero-order valence-electron chi connectivity index (χ0n) is 10.1. The molecule has 0 aliphatic heterocycles. The molecule has 0 aliphatic rings. The minimum atomic E-state index is 0.168. The van der Waals surface area contributed by atoms with E-state index in [0.717, 1.165) is 10.6 Å². The van der Waals surface area contributed by atoms with E-state index in [-0.39, 0.29) is 5.76 Å². The predicted octanol–water partition coefficient (Wildman–Crippen LogP) is 3.92. The number of nitrogens with zero attached hydrogens (tertiary/aromatic N) is 1. The molecule has 0 bridgehead atoms. The number of aliphatic hydroxyl groups is 1. The molecule has 1 aromatic rings. The highest BCUT2D eigenvalue weighted by molar-refractivity contribution is 8.00. The van der Waals surface area contributed by atoms with E-state index in [9.17, 15) is 0 Å². The normalized spacial score (nSPS) is 13.1. The molecule has 1 aromatic heterocycles. The maximum absolute atomic E-state index is 9.01. The van der Waals surface area contributed by atoms with Crippen molar-refractivity contribution in [2.45, 2.75) is 37.3 Å². The Bertz CT molecular complexity index is 406. The number of aryl methyl sites for hydroxylation is 1. The number of allylic oxidation sites excluding steroid dienone is 1. The first-order valence-electron chi connectivity index (χ1n) is 5.58. The van der Waals surface area contributed by atoms with Crippen molar-refractivity contribution in [1.29, 1.82) is 0 Å². The van der Waals surface area contributed by atoms with Crippen LogP contribution in [0.25, 0.3) is 0 Å². The van der Waals surface area contributed by atoms with Crippen LogP contribution < -0.4 is 5.73 Å². The van der Waals surface area contributed by atoms with E-state index in [1.165, 1.54) is 35.7 Å². The van der Waals surface area contributed by atoms with Crippen molar-refractivity contribution in [2.75, 3.05) is 0 Å². The summed E-state index contributed by atoms with van der Waals surface area (Å²) in [6.45, 7) is 3.76. The summed E-state index contributed by atoms with van der Waals surface area (Å²) < 4.78 is 5.24. The van der Waals surface area contributed by atoms with Gasteiger partial charge in [0.1, 0.15) is 5.84 Å². The van der Waals surface area contributed by atoms with Gasteiger partial charge in [0.05, 0.1) is 9.97 Å². The second kappa shape index (κ2) is 7.40. The number of hydrogen-bond donors (Lipinski definition) is 2. The average molecular weight is 270 g/mol. The largest absolute Gasteiger partial charge is 0.512 e. The van der Waals surface area contributed by atoms with E-state index in [1.54, 1.807) is 18.3 Å². The Kier molecular flexibility index (Phi) is 6.15. The highest BCUT2D eigenvalue weighted by Gasteiger charge is 2.00. The Hall–Kier alpha value is -0.940. The van der Waals surface area contributed by atoms with Crippen molar-refractivity contribution in [3.8, 4) is 0 Å². The average Bonchev–Trinajstić information content (AvgIpc) is 2.70. The van der Waals surface area contributed by atoms with E-state index >= 15 is 0 Å². The summed E-state index contributed by atoms with van der Waals surface area (Å²) in [7, 11) is 0. The van der Waals surface area contributed by atoms with Gasteiger partial charge in [-0.2, -0.15) is 4.40 Å². The second-order valence-corrected chi connectivity index (χ2v) is 5.95. The third-order valence-electron chi connectivity index (χ3n) is 2.01. The zero-order valence-corrected chi connectivity index (χ0v) is 11.8. The van der Waals surface area contributed by atoms with E-state index < -0.39 is 0 Å². The van der Waals surface area contributed by atoms with E-state index in [0.29, 0.717) is 5.84 Å². The van der Waals surface area contributed by atoms with Crippen LogP contribution in [0.15, 0.2) is 32.6 Å². The van der Waals surface area contributed by atoms with Gasteiger partial charge in [0.25, 0.3) is 0 Å². The molecule has 94 valence electrons. The molecule has 0 saturated heterocycles. The van der Waals surface area contributed by atoms with Crippen LogP contribution in [0.2, 0.25) is 0 Å². The smallest absolute Gasteiger partial charge is 0.135 e. The maximum atomic E-state index is 9.01. The minimum absolute atomic E-state index is 0.168. The van der Waals surface area contributed by atoms with Crippen molar-refractivity contribution in [1.82, 2.24) is 0 Å². The molecule has 3 N–H and O–H groups in total. The molecule has 1 heterocycles. The van der Waals surface area contributed by atoms with Gasteiger partial charge in [-0.25, -0.2) is 0 Å². The quantitative estimate of drug-likeness (QED) is 0.356. The Morgan fingerprint density at radius 1 is 1.59 bits per heavy atom. The zero-order chi connectivity index (χ0) is 12.7. The Morgan fingerprint density at radius 2 is 2.35 bits per heavy atom. The summed E-state index contributed by atoms with van der Waals surface area (Å²) in [4.78, 5) is 1.39. The number of aliphatic hydroxyl groups excluding tert-OH is 1. The summed E-state index contributed by atoms with van der Waals surface area (Å²) in [6, 6.07) is 4.20. The maximum Gasteiger partial charge on any atom is 0.135 e. The van der Waals surface area contributed by atoms with Crippen LogP contribution in [0, 0.1) is 0 Å². The predicted molar refractivity (Wildman–Crippen MR) is 76.8 cm³/mol. The molecule has 0 atom stereocenters. The first kappa shape index (κ1) is 14.1. The Balaban J connectivity index is 2.52. The molecular formula is C12H18N2OS2. The molecule has 0 unspecified atom stereocenters. The van der Waals surface area contributed by atoms with Crippen molar-refractivity contribution in [2.24, 2.45) is 10.1 Å². The number of hydrogen-bond acceptors (Lipinski definition) is 4. The number of unbranched alkanes of at least 4 members (excludes halogenated alkanes) is 1. The molecule has 1 rings (SSSR count). The van der Waals surface area contributed by atoms with Crippen LogP contribution in [0.4, 0.5) is 0 Å². The van der Waals surface area contributed by atoms with Crippen LogP contribution >= 0.6 is 23.3 Å². The van der Waals surface area contributed by atoms with Gasteiger partial charge >= 0.3 is 0 Å². The van der Waals surface area contributed by atoms with Crippen molar-refractivity contribution in [3.05, 3.63) is 28.8 Å². The molecule has 0 amide bonds. The molecule has 17 heavy (non-hydrogen) atoms. The fraction of sp³-hybridized carbons (Fsp3) is 0.417. The lowest BCUT2D eigenvalue weighted by molar-refractivity contribution is 0.415. The lowest BCUT2D eigenvalue weighted by atomic mass is 10.2. The van der Waals surface area contributed by atoms with Gasteiger partial charge in [0.15, 0.2) is 0 Å². The lowest BCUT2D eigenvalue weighted by Crippen LogP contribution is -2.07. The van der Waals surface area contributed by atoms with Gasteiger partial charge in [-0.15, -0.1) is 11.3 Å². The lowest BCUT2D eigenvalue weighted by Gasteiger charge is -1.94. The van der Waals surface area contributed by atoms with Crippen LogP contribution in [0.3, 0.4) is 0 Å². The molecule has 0 saturated carbocycles. The SMILES string of the molecule is CCCCc1ccc(S/N=C(N)\C=C(\C)O)s1. The van der Waals surface area contributed by atoms with Gasteiger partial charge in [0, 0.05) is 22.9 Å². The van der Waals surface area contributed by atoms with Gasteiger partial charge in [-0.3, -0.25) is 0 Å². The highest BCUT2D eigenvalue weighted by Crippen LogP contribution is 2.28. The summed E-state index contributed by atoms with van der Waals surface area (Å²) in [6.07, 6.45) is 5.02. The molecule has 0 fully saturated rings. The van der Waals surface area contributed by atoms with Crippen LogP contribution in [-0.2, 0) is 6.42 Å². The molecule has 0 radical (unpaired) electrons.